The Kier molecular flexibility index (Phi) is 4.10. The maximum atomic E-state index is 5.42. The molecule has 1 fully saturated rings. The van der Waals surface area contributed by atoms with E-state index in [1.54, 1.807) is 0 Å². The number of nitrogens with zero attached hydrogens (tertiary/aromatic N) is 1. The first-order chi connectivity index (χ1) is 8.59. The van der Waals surface area contributed by atoms with Gasteiger partial charge in [-0.3, -0.25) is 0 Å². The highest BCUT2D eigenvalue weighted by atomic mass is 16.5. The van der Waals surface area contributed by atoms with Crippen LogP contribution < -0.4 is 10.1 Å². The van der Waals surface area contributed by atoms with Crippen LogP contribution in [0.1, 0.15) is 46.5 Å². The second-order valence-electron chi connectivity index (χ2n) is 5.88. The minimum absolute atomic E-state index is 0.513. The molecule has 0 radical (unpaired) electrons. The van der Waals surface area contributed by atoms with Crippen LogP contribution in [-0.2, 0) is 0 Å². The van der Waals surface area contributed by atoms with Gasteiger partial charge in [0, 0.05) is 12.1 Å². The zero-order chi connectivity index (χ0) is 13.0. The smallest absolute Gasteiger partial charge is 0.215 e. The highest BCUT2D eigenvalue weighted by Crippen LogP contribution is 2.35. The Balaban J connectivity index is 1.91. The number of ether oxygens (including phenoxy) is 1. The Morgan fingerprint density at radius 3 is 2.72 bits per heavy atom. The van der Waals surface area contributed by atoms with Gasteiger partial charge in [0.25, 0.3) is 0 Å². The van der Waals surface area contributed by atoms with Gasteiger partial charge in [0.1, 0.15) is 5.82 Å². The first kappa shape index (κ1) is 13.2. The van der Waals surface area contributed by atoms with Gasteiger partial charge in [-0.25, -0.2) is 0 Å². The van der Waals surface area contributed by atoms with Crippen LogP contribution >= 0.6 is 0 Å². The van der Waals surface area contributed by atoms with Gasteiger partial charge in [-0.05, 0) is 44.1 Å². The average molecular weight is 248 g/mol. The SMILES string of the molecule is CCOc1cccc(NC2CCC(C)(C)CC2)n1. The maximum Gasteiger partial charge on any atom is 0.215 e. The van der Waals surface area contributed by atoms with E-state index in [0.717, 1.165) is 5.82 Å². The van der Waals surface area contributed by atoms with Crippen LogP contribution in [0.3, 0.4) is 0 Å². The van der Waals surface area contributed by atoms with E-state index >= 15 is 0 Å². The summed E-state index contributed by atoms with van der Waals surface area (Å²) in [5.41, 5.74) is 0.513. The van der Waals surface area contributed by atoms with E-state index in [-0.39, 0.29) is 0 Å². The van der Waals surface area contributed by atoms with Crippen molar-refractivity contribution in [1.29, 1.82) is 0 Å². The number of hydrogen-bond acceptors (Lipinski definition) is 3. The molecule has 2 rings (SSSR count). The lowest BCUT2D eigenvalue weighted by Crippen LogP contribution is -2.30. The van der Waals surface area contributed by atoms with Crippen molar-refractivity contribution in [3.05, 3.63) is 18.2 Å². The van der Waals surface area contributed by atoms with Gasteiger partial charge in [0.05, 0.1) is 6.61 Å². The normalized spacial score (nSPS) is 19.5. The molecule has 1 saturated carbocycles. The molecule has 3 nitrogen and oxygen atoms in total. The van der Waals surface area contributed by atoms with Gasteiger partial charge < -0.3 is 10.1 Å². The fourth-order valence-corrected chi connectivity index (χ4v) is 2.48. The Hall–Kier alpha value is -1.25. The van der Waals surface area contributed by atoms with E-state index in [2.05, 4.69) is 24.1 Å². The van der Waals surface area contributed by atoms with Gasteiger partial charge >= 0.3 is 0 Å². The fraction of sp³-hybridized carbons (Fsp3) is 0.667. The second kappa shape index (κ2) is 5.59. The number of rotatable bonds is 4. The summed E-state index contributed by atoms with van der Waals surface area (Å²) in [5, 5.41) is 3.53. The minimum Gasteiger partial charge on any atom is -0.478 e. The predicted octanol–water partition coefficient (Wildman–Crippen LogP) is 3.86. The standard InChI is InChI=1S/C15H24N2O/c1-4-18-14-7-5-6-13(17-14)16-12-8-10-15(2,3)11-9-12/h5-7,12H,4,8-11H2,1-3H3,(H,16,17). The highest BCUT2D eigenvalue weighted by molar-refractivity contribution is 5.38. The molecule has 1 aliphatic rings. The molecule has 1 N–H and O–H groups in total. The summed E-state index contributed by atoms with van der Waals surface area (Å²) in [6, 6.07) is 6.47. The zero-order valence-corrected chi connectivity index (χ0v) is 11.7. The van der Waals surface area contributed by atoms with Crippen LogP contribution in [0.4, 0.5) is 5.82 Å². The van der Waals surface area contributed by atoms with Crippen molar-refractivity contribution >= 4 is 5.82 Å². The van der Waals surface area contributed by atoms with Crippen LogP contribution in [0.2, 0.25) is 0 Å². The van der Waals surface area contributed by atoms with Gasteiger partial charge in [-0.15, -0.1) is 0 Å². The van der Waals surface area contributed by atoms with Crippen molar-refractivity contribution in [1.82, 2.24) is 4.98 Å². The third-order valence-corrected chi connectivity index (χ3v) is 3.71. The number of pyridine rings is 1. The summed E-state index contributed by atoms with van der Waals surface area (Å²) in [7, 11) is 0. The van der Waals surface area contributed by atoms with E-state index in [0.29, 0.717) is 23.9 Å². The molecule has 0 unspecified atom stereocenters. The van der Waals surface area contributed by atoms with Gasteiger partial charge in [0.2, 0.25) is 5.88 Å². The fourth-order valence-electron chi connectivity index (χ4n) is 2.48. The van der Waals surface area contributed by atoms with Crippen LogP contribution in [0.25, 0.3) is 0 Å². The van der Waals surface area contributed by atoms with Gasteiger partial charge in [-0.1, -0.05) is 19.9 Å². The third-order valence-electron chi connectivity index (χ3n) is 3.71. The Morgan fingerprint density at radius 1 is 1.33 bits per heavy atom. The lowest BCUT2D eigenvalue weighted by atomic mass is 9.75. The van der Waals surface area contributed by atoms with Crippen LogP contribution in [0.5, 0.6) is 5.88 Å². The lowest BCUT2D eigenvalue weighted by Gasteiger charge is -2.34. The van der Waals surface area contributed by atoms with Crippen molar-refractivity contribution in [3.8, 4) is 5.88 Å². The average Bonchev–Trinajstić information content (AvgIpc) is 2.33. The number of anilines is 1. The molecule has 0 bridgehead atoms. The van der Waals surface area contributed by atoms with E-state index in [9.17, 15) is 0 Å². The quantitative estimate of drug-likeness (QED) is 0.878. The third kappa shape index (κ3) is 3.62. The molecule has 0 saturated heterocycles. The Bertz CT molecular complexity index is 380. The molecule has 100 valence electrons. The molecule has 0 aromatic carbocycles. The summed E-state index contributed by atoms with van der Waals surface area (Å²) in [4.78, 5) is 4.46. The first-order valence-corrected chi connectivity index (χ1v) is 6.95. The Morgan fingerprint density at radius 2 is 2.06 bits per heavy atom. The summed E-state index contributed by atoms with van der Waals surface area (Å²) < 4.78 is 5.42. The molecule has 0 amide bonds. The molecular formula is C15H24N2O. The van der Waals surface area contributed by atoms with E-state index < -0.39 is 0 Å². The predicted molar refractivity (Wildman–Crippen MR) is 75.1 cm³/mol. The van der Waals surface area contributed by atoms with Crippen molar-refractivity contribution in [2.24, 2.45) is 5.41 Å². The second-order valence-corrected chi connectivity index (χ2v) is 5.88. The molecule has 1 aromatic rings. The lowest BCUT2D eigenvalue weighted by molar-refractivity contribution is 0.232. The van der Waals surface area contributed by atoms with Crippen LogP contribution in [-0.4, -0.2) is 17.6 Å². The molecular weight excluding hydrogens is 224 g/mol. The van der Waals surface area contributed by atoms with Gasteiger partial charge in [-0.2, -0.15) is 4.98 Å². The summed E-state index contributed by atoms with van der Waals surface area (Å²) >= 11 is 0. The molecule has 0 aliphatic heterocycles. The summed E-state index contributed by atoms with van der Waals surface area (Å²) in [6.45, 7) is 7.35. The van der Waals surface area contributed by atoms with Crippen molar-refractivity contribution < 1.29 is 4.74 Å². The molecule has 1 aromatic heterocycles. The molecule has 1 aliphatic carbocycles. The number of hydrogen-bond donors (Lipinski definition) is 1. The van der Waals surface area contributed by atoms with Crippen molar-refractivity contribution in [2.75, 3.05) is 11.9 Å². The van der Waals surface area contributed by atoms with Crippen molar-refractivity contribution in [2.45, 2.75) is 52.5 Å². The highest BCUT2D eigenvalue weighted by Gasteiger charge is 2.26. The molecule has 1 heterocycles. The number of nitrogens with one attached hydrogen (secondary N) is 1. The summed E-state index contributed by atoms with van der Waals surface area (Å²) in [5.74, 6) is 1.64. The molecule has 18 heavy (non-hydrogen) atoms. The van der Waals surface area contributed by atoms with Crippen LogP contribution in [0, 0.1) is 5.41 Å². The minimum atomic E-state index is 0.513. The van der Waals surface area contributed by atoms with E-state index in [4.69, 9.17) is 4.74 Å². The maximum absolute atomic E-state index is 5.42. The Labute approximate surface area is 110 Å². The van der Waals surface area contributed by atoms with Crippen molar-refractivity contribution in [3.63, 3.8) is 0 Å². The zero-order valence-electron chi connectivity index (χ0n) is 11.7. The summed E-state index contributed by atoms with van der Waals surface area (Å²) in [6.07, 6.45) is 5.03. The molecule has 0 spiro atoms. The topological polar surface area (TPSA) is 34.1 Å². The molecule has 3 heteroatoms. The molecule has 0 atom stereocenters. The van der Waals surface area contributed by atoms with Crippen LogP contribution in [0.15, 0.2) is 18.2 Å². The first-order valence-electron chi connectivity index (χ1n) is 6.95. The van der Waals surface area contributed by atoms with E-state index in [1.165, 1.54) is 25.7 Å². The number of aromatic nitrogens is 1. The van der Waals surface area contributed by atoms with Gasteiger partial charge in [0.15, 0.2) is 0 Å². The van der Waals surface area contributed by atoms with E-state index in [1.807, 2.05) is 25.1 Å². The monoisotopic (exact) mass is 248 g/mol. The largest absolute Gasteiger partial charge is 0.478 e.